The molecule has 43 heavy (non-hydrogen) atoms. The van der Waals surface area contributed by atoms with Gasteiger partial charge in [0.05, 0.1) is 32.2 Å². The molecule has 13 heteroatoms. The Morgan fingerprint density at radius 2 is 1.56 bits per heavy atom. The van der Waals surface area contributed by atoms with Gasteiger partial charge in [0.25, 0.3) is 10.0 Å². The summed E-state index contributed by atoms with van der Waals surface area (Å²) < 4.78 is 57.1. The lowest BCUT2D eigenvalue weighted by Crippen LogP contribution is -2.41. The van der Waals surface area contributed by atoms with E-state index in [1.165, 1.54) is 28.5 Å². The summed E-state index contributed by atoms with van der Waals surface area (Å²) in [5, 5.41) is 4.27. The highest BCUT2D eigenvalue weighted by molar-refractivity contribution is 7.90. The van der Waals surface area contributed by atoms with Crippen LogP contribution in [0, 0.1) is 0 Å². The Morgan fingerprint density at radius 3 is 2.33 bits per heavy atom. The largest absolute Gasteiger partial charge is 0.399 e. The first kappa shape index (κ1) is 29.1. The fourth-order valence-electron chi connectivity index (χ4n) is 5.41. The highest BCUT2D eigenvalue weighted by atomic mass is 35.5. The number of aromatic nitrogens is 3. The molecule has 1 saturated carbocycles. The number of hydrogen-bond donors (Lipinski definition) is 3. The van der Waals surface area contributed by atoms with Gasteiger partial charge in [0.15, 0.2) is 0 Å². The molecule has 6 rings (SSSR count). The van der Waals surface area contributed by atoms with Gasteiger partial charge in [-0.2, -0.15) is 0 Å². The third-order valence-corrected chi connectivity index (χ3v) is 11.0. The monoisotopic (exact) mass is 636 g/mol. The van der Waals surface area contributed by atoms with E-state index in [1.807, 2.05) is 12.1 Å². The van der Waals surface area contributed by atoms with Gasteiger partial charge in [-0.25, -0.2) is 35.5 Å². The number of fused-ring (bicyclic) bond motifs is 1. The van der Waals surface area contributed by atoms with Gasteiger partial charge < -0.3 is 11.1 Å². The number of anilines is 2. The second kappa shape index (κ2) is 11.6. The Bertz CT molecular complexity index is 2000. The standard InChI is InChI=1S/C30H29ClN6O4S2/c31-27-18-33-30(34-21-7-6-8-22(17-21)36-42(38,39)23-15-13-20(32)14-16-23)35-29(27)26-19-37(28-12-5-4-11-25(26)28)43(40,41)24-9-2-1-3-10-24/h1-5,9-16,18-19,21-22,36H,6-8,17,32H2,(H,33,34,35)/t21-,22+/m1/s1. The average Bonchev–Trinajstić information content (AvgIpc) is 3.39. The minimum Gasteiger partial charge on any atom is -0.399 e. The number of rotatable bonds is 8. The Balaban J connectivity index is 1.27. The Kier molecular flexibility index (Phi) is 7.86. The zero-order valence-corrected chi connectivity index (χ0v) is 25.3. The molecule has 0 aliphatic heterocycles. The molecule has 0 amide bonds. The molecule has 0 unspecified atom stereocenters. The number of nitrogens with two attached hydrogens (primary N) is 1. The van der Waals surface area contributed by atoms with Gasteiger partial charge in [0, 0.05) is 34.9 Å². The number of nitrogen functional groups attached to an aromatic ring is 1. The summed E-state index contributed by atoms with van der Waals surface area (Å²) in [6.07, 6.45) is 5.86. The molecular formula is C30H29ClN6O4S2. The summed E-state index contributed by atoms with van der Waals surface area (Å²) in [4.78, 5) is 9.39. The van der Waals surface area contributed by atoms with Crippen molar-refractivity contribution in [2.45, 2.75) is 47.6 Å². The first-order valence-electron chi connectivity index (χ1n) is 13.7. The van der Waals surface area contributed by atoms with Crippen molar-refractivity contribution < 1.29 is 16.8 Å². The maximum absolute atomic E-state index is 13.6. The van der Waals surface area contributed by atoms with Crippen molar-refractivity contribution >= 4 is 54.2 Å². The number of nitrogens with zero attached hydrogens (tertiary/aromatic N) is 3. The van der Waals surface area contributed by atoms with Crippen molar-refractivity contribution in [1.82, 2.24) is 18.7 Å². The van der Waals surface area contributed by atoms with E-state index in [2.05, 4.69) is 15.0 Å². The van der Waals surface area contributed by atoms with E-state index in [-0.39, 0.29) is 26.9 Å². The van der Waals surface area contributed by atoms with Crippen LogP contribution in [0.15, 0.2) is 101 Å². The summed E-state index contributed by atoms with van der Waals surface area (Å²) in [7, 11) is -7.60. The lowest BCUT2D eigenvalue weighted by atomic mass is 9.92. The van der Waals surface area contributed by atoms with Gasteiger partial charge >= 0.3 is 0 Å². The smallest absolute Gasteiger partial charge is 0.268 e. The van der Waals surface area contributed by atoms with Crippen LogP contribution in [-0.4, -0.2) is 42.9 Å². The zero-order chi connectivity index (χ0) is 30.2. The molecule has 2 atom stereocenters. The molecule has 2 heterocycles. The molecule has 0 spiro atoms. The number of nitrogens with one attached hydrogen (secondary N) is 2. The van der Waals surface area contributed by atoms with Gasteiger partial charge in [-0.15, -0.1) is 0 Å². The molecule has 1 aliphatic rings. The molecule has 222 valence electrons. The number of benzene rings is 3. The van der Waals surface area contributed by atoms with Crippen LogP contribution >= 0.6 is 11.6 Å². The third kappa shape index (κ3) is 5.96. The van der Waals surface area contributed by atoms with Crippen LogP contribution in [-0.2, 0) is 20.0 Å². The molecule has 1 aliphatic carbocycles. The van der Waals surface area contributed by atoms with Crippen LogP contribution in [0.2, 0.25) is 5.02 Å². The number of sulfonamides is 1. The van der Waals surface area contributed by atoms with Gasteiger partial charge in [0.1, 0.15) is 0 Å². The van der Waals surface area contributed by atoms with Crippen molar-refractivity contribution in [3.63, 3.8) is 0 Å². The summed E-state index contributed by atoms with van der Waals surface area (Å²) in [6, 6.07) is 21.1. The minimum atomic E-state index is -3.89. The first-order valence-corrected chi connectivity index (χ1v) is 17.0. The topological polar surface area (TPSA) is 149 Å². The molecule has 5 aromatic rings. The third-order valence-electron chi connectivity index (χ3n) is 7.50. The maximum atomic E-state index is 13.6. The van der Waals surface area contributed by atoms with Crippen LogP contribution in [0.3, 0.4) is 0 Å². The predicted octanol–water partition coefficient (Wildman–Crippen LogP) is 5.27. The van der Waals surface area contributed by atoms with E-state index in [1.54, 1.807) is 54.6 Å². The predicted molar refractivity (Wildman–Crippen MR) is 168 cm³/mol. The van der Waals surface area contributed by atoms with Crippen LogP contribution in [0.4, 0.5) is 11.6 Å². The fourth-order valence-corrected chi connectivity index (χ4v) is 8.28. The molecule has 10 nitrogen and oxygen atoms in total. The van der Waals surface area contributed by atoms with Crippen molar-refractivity contribution in [3.05, 3.63) is 96.3 Å². The molecule has 4 N–H and O–H groups in total. The molecule has 2 aromatic heterocycles. The highest BCUT2D eigenvalue weighted by Gasteiger charge is 2.28. The summed E-state index contributed by atoms with van der Waals surface area (Å²) in [6.45, 7) is 0. The van der Waals surface area contributed by atoms with E-state index < -0.39 is 20.0 Å². The molecular weight excluding hydrogens is 608 g/mol. The molecule has 3 aromatic carbocycles. The van der Waals surface area contributed by atoms with Crippen LogP contribution in [0.25, 0.3) is 22.2 Å². The fraction of sp³-hybridized carbons (Fsp3) is 0.200. The average molecular weight is 637 g/mol. The lowest BCUT2D eigenvalue weighted by Gasteiger charge is -2.30. The van der Waals surface area contributed by atoms with E-state index in [0.29, 0.717) is 46.6 Å². The van der Waals surface area contributed by atoms with Gasteiger partial charge in [-0.1, -0.05) is 48.0 Å². The highest BCUT2D eigenvalue weighted by Crippen LogP contribution is 2.36. The molecule has 0 radical (unpaired) electrons. The van der Waals surface area contributed by atoms with Gasteiger partial charge in [-0.05, 0) is 68.1 Å². The summed E-state index contributed by atoms with van der Waals surface area (Å²) in [5.41, 5.74) is 7.62. The lowest BCUT2D eigenvalue weighted by molar-refractivity contribution is 0.384. The second-order valence-corrected chi connectivity index (χ2v) is 14.4. The van der Waals surface area contributed by atoms with E-state index in [4.69, 9.17) is 22.3 Å². The van der Waals surface area contributed by atoms with Crippen molar-refractivity contribution in [2.24, 2.45) is 0 Å². The van der Waals surface area contributed by atoms with E-state index in [0.717, 1.165) is 12.8 Å². The zero-order valence-electron chi connectivity index (χ0n) is 22.9. The normalized spacial score (nSPS) is 17.6. The Labute approximate surface area is 255 Å². The number of halogens is 1. The van der Waals surface area contributed by atoms with Crippen molar-refractivity contribution in [1.29, 1.82) is 0 Å². The van der Waals surface area contributed by atoms with Gasteiger partial charge in [0.2, 0.25) is 16.0 Å². The molecule has 1 fully saturated rings. The molecule has 0 saturated heterocycles. The molecule has 0 bridgehead atoms. The van der Waals surface area contributed by atoms with Gasteiger partial charge in [-0.3, -0.25) is 0 Å². The van der Waals surface area contributed by atoms with Crippen LogP contribution < -0.4 is 15.8 Å². The van der Waals surface area contributed by atoms with Crippen LogP contribution in [0.5, 0.6) is 0 Å². The SMILES string of the molecule is Nc1ccc(S(=O)(=O)N[C@H]2CCC[C@@H](Nc3ncc(Cl)c(-c4cn(S(=O)(=O)c5ccccc5)c5ccccc45)n3)C2)cc1. The quantitative estimate of drug-likeness (QED) is 0.195. The summed E-state index contributed by atoms with van der Waals surface area (Å²) >= 11 is 6.58. The van der Waals surface area contributed by atoms with Crippen LogP contribution in [0.1, 0.15) is 25.7 Å². The van der Waals surface area contributed by atoms with Crippen molar-refractivity contribution in [3.8, 4) is 11.3 Å². The first-order chi connectivity index (χ1) is 20.6. The Morgan fingerprint density at radius 1 is 0.860 bits per heavy atom. The number of hydrogen-bond acceptors (Lipinski definition) is 8. The van der Waals surface area contributed by atoms with E-state index >= 15 is 0 Å². The van der Waals surface area contributed by atoms with Crippen molar-refractivity contribution in [2.75, 3.05) is 11.1 Å². The van der Waals surface area contributed by atoms with E-state index in [9.17, 15) is 16.8 Å². The maximum Gasteiger partial charge on any atom is 0.268 e. The Hall–Kier alpha value is -3.97. The minimum absolute atomic E-state index is 0.0957. The number of para-hydroxylation sites is 1. The summed E-state index contributed by atoms with van der Waals surface area (Å²) in [5.74, 6) is 0.314. The second-order valence-electron chi connectivity index (χ2n) is 10.5.